The fourth-order valence-corrected chi connectivity index (χ4v) is 5.42. The first-order chi connectivity index (χ1) is 14.9. The number of hydrogen-bond acceptors (Lipinski definition) is 5. The number of benzene rings is 2. The van der Waals surface area contributed by atoms with Crippen LogP contribution in [0, 0.1) is 0 Å². The van der Waals surface area contributed by atoms with E-state index in [0.29, 0.717) is 15.6 Å². The molecular weight excluding hydrogens is 436 g/mol. The fraction of sp³-hybridized carbons (Fsp3) is 0.435. The summed E-state index contributed by atoms with van der Waals surface area (Å²) in [6, 6.07) is 12.6. The molecule has 1 heterocycles. The Morgan fingerprint density at radius 2 is 1.65 bits per heavy atom. The number of sulfonamides is 1. The van der Waals surface area contributed by atoms with Crippen molar-refractivity contribution in [1.29, 1.82) is 0 Å². The van der Waals surface area contributed by atoms with Gasteiger partial charge in [0.25, 0.3) is 10.0 Å². The van der Waals surface area contributed by atoms with E-state index in [0.717, 1.165) is 24.1 Å². The van der Waals surface area contributed by atoms with Gasteiger partial charge in [-0.3, -0.25) is 4.31 Å². The number of halogens is 1. The highest BCUT2D eigenvalue weighted by Crippen LogP contribution is 2.41. The quantitative estimate of drug-likeness (QED) is 0.559. The Balaban J connectivity index is 0.00000107. The Morgan fingerprint density at radius 1 is 1.00 bits per heavy atom. The van der Waals surface area contributed by atoms with Crippen LogP contribution in [-0.4, -0.2) is 28.2 Å². The van der Waals surface area contributed by atoms with Crippen molar-refractivity contribution in [3.63, 3.8) is 0 Å². The van der Waals surface area contributed by atoms with E-state index in [1.807, 2.05) is 24.3 Å². The number of rotatable bonds is 8. The van der Waals surface area contributed by atoms with Gasteiger partial charge in [-0.1, -0.05) is 74.9 Å². The van der Waals surface area contributed by atoms with Gasteiger partial charge in [0, 0.05) is 12.1 Å². The molecular formula is C23H29ClN2O4S. The van der Waals surface area contributed by atoms with Crippen molar-refractivity contribution < 1.29 is 18.0 Å². The van der Waals surface area contributed by atoms with Gasteiger partial charge in [-0.25, -0.2) is 8.42 Å². The van der Waals surface area contributed by atoms with E-state index >= 15 is 0 Å². The second kappa shape index (κ2) is 12.0. The average Bonchev–Trinajstić information content (AvgIpc) is 2.82. The largest absolute Gasteiger partial charge is 0.373 e. The van der Waals surface area contributed by atoms with Crippen molar-refractivity contribution in [2.75, 3.05) is 17.9 Å². The third-order valence-electron chi connectivity index (χ3n) is 5.39. The van der Waals surface area contributed by atoms with Crippen LogP contribution in [-0.2, 0) is 19.6 Å². The first-order valence-electron chi connectivity index (χ1n) is 10.5. The topological polar surface area (TPSA) is 83.6 Å². The van der Waals surface area contributed by atoms with E-state index in [-0.39, 0.29) is 12.2 Å². The Bertz CT molecular complexity index is 1000. The fourth-order valence-electron chi connectivity index (χ4n) is 3.80. The number of hydrogen-bond donors (Lipinski definition) is 1. The molecule has 3 rings (SSSR count). The van der Waals surface area contributed by atoms with Crippen molar-refractivity contribution in [3.05, 3.63) is 58.6 Å². The lowest BCUT2D eigenvalue weighted by Crippen LogP contribution is -2.26. The molecule has 0 fully saturated rings. The third kappa shape index (κ3) is 6.17. The maximum atomic E-state index is 13.2. The van der Waals surface area contributed by atoms with Crippen LogP contribution in [0.25, 0.3) is 0 Å². The molecule has 1 N–H and O–H groups in total. The summed E-state index contributed by atoms with van der Waals surface area (Å²) in [5.41, 5.74) is 2.36. The predicted octanol–water partition coefficient (Wildman–Crippen LogP) is 4.93. The number of nitrogens with zero attached hydrogens (tertiary/aromatic N) is 1. The number of nitrogens with one attached hydrogen (secondary N) is 1. The van der Waals surface area contributed by atoms with Crippen LogP contribution in [0.1, 0.15) is 62.6 Å². The van der Waals surface area contributed by atoms with Gasteiger partial charge in [-0.15, -0.1) is 0 Å². The Hall–Kier alpha value is -2.18. The molecule has 0 aromatic heterocycles. The highest BCUT2D eigenvalue weighted by atomic mass is 35.5. The van der Waals surface area contributed by atoms with Crippen molar-refractivity contribution >= 4 is 33.5 Å². The summed E-state index contributed by atoms with van der Waals surface area (Å²) in [6.45, 7) is 3.07. The van der Waals surface area contributed by atoms with Crippen molar-refractivity contribution in [2.45, 2.75) is 56.4 Å². The molecule has 1 aliphatic rings. The number of anilines is 1. The van der Waals surface area contributed by atoms with Crippen LogP contribution in [0.3, 0.4) is 0 Å². The molecule has 1 unspecified atom stereocenters. The summed E-state index contributed by atoms with van der Waals surface area (Å²) in [6.07, 6.45) is 7.59. The summed E-state index contributed by atoms with van der Waals surface area (Å²) in [7, 11) is -2.04. The van der Waals surface area contributed by atoms with Crippen LogP contribution in [0.5, 0.6) is 0 Å². The van der Waals surface area contributed by atoms with Gasteiger partial charge < -0.3 is 5.32 Å². The Kier molecular flexibility index (Phi) is 9.72. The molecule has 0 spiro atoms. The molecule has 0 aliphatic carbocycles. The monoisotopic (exact) mass is 464 g/mol. The molecule has 0 radical (unpaired) electrons. The van der Waals surface area contributed by atoms with E-state index in [4.69, 9.17) is 21.2 Å². The van der Waals surface area contributed by atoms with Crippen molar-refractivity contribution in [2.24, 2.45) is 0 Å². The molecule has 2 aromatic carbocycles. The number of carbonyl (C=O) groups excluding carboxylic acids is 2. The number of fused-ring (bicyclic) bond motifs is 2. The molecule has 1 atom stereocenters. The zero-order valence-electron chi connectivity index (χ0n) is 17.9. The van der Waals surface area contributed by atoms with E-state index in [9.17, 15) is 8.42 Å². The maximum absolute atomic E-state index is 13.2. The van der Waals surface area contributed by atoms with Gasteiger partial charge in [0.15, 0.2) is 0 Å². The molecule has 8 heteroatoms. The highest BCUT2D eigenvalue weighted by molar-refractivity contribution is 7.92. The van der Waals surface area contributed by atoms with Crippen LogP contribution in [0.4, 0.5) is 5.69 Å². The Morgan fingerprint density at radius 3 is 2.35 bits per heavy atom. The van der Waals surface area contributed by atoms with E-state index < -0.39 is 10.0 Å². The minimum atomic E-state index is -3.63. The molecule has 2 aromatic rings. The standard InChI is InChI=1S/C22H29ClN2O2S.CO2/c1-3-4-5-6-7-10-15-24-22-18-14-13-17(23)16-20(18)25(2)28(26,27)21-12-9-8-11-19(21)22;2-1-3/h8-9,11-14,16,22,24H,3-7,10,15H2,1-2H3;. The number of unbranched alkanes of at least 4 members (excludes halogenated alkanes) is 5. The predicted molar refractivity (Wildman–Crippen MR) is 122 cm³/mol. The van der Waals surface area contributed by atoms with Crippen LogP contribution in [0.15, 0.2) is 47.4 Å². The molecule has 1 aliphatic heterocycles. The molecule has 0 amide bonds. The molecule has 0 saturated heterocycles. The van der Waals surface area contributed by atoms with E-state index in [1.165, 1.54) is 36.4 Å². The SMILES string of the molecule is CCCCCCCCNC1c2ccc(Cl)cc2N(C)S(=O)(=O)c2ccccc21.O=C=O. The Labute approximate surface area is 189 Å². The van der Waals surface area contributed by atoms with Gasteiger partial charge in [-0.2, -0.15) is 9.59 Å². The van der Waals surface area contributed by atoms with E-state index in [2.05, 4.69) is 12.2 Å². The lowest BCUT2D eigenvalue weighted by molar-refractivity contribution is -0.191. The normalized spacial score (nSPS) is 16.2. The molecule has 168 valence electrons. The first-order valence-corrected chi connectivity index (χ1v) is 12.3. The zero-order valence-corrected chi connectivity index (χ0v) is 19.5. The average molecular weight is 465 g/mol. The van der Waals surface area contributed by atoms with Crippen molar-refractivity contribution in [1.82, 2.24) is 5.32 Å². The lowest BCUT2D eigenvalue weighted by atomic mass is 9.96. The summed E-state index contributed by atoms with van der Waals surface area (Å²) < 4.78 is 27.7. The van der Waals surface area contributed by atoms with Crippen molar-refractivity contribution in [3.8, 4) is 0 Å². The van der Waals surface area contributed by atoms with E-state index in [1.54, 1.807) is 25.2 Å². The summed E-state index contributed by atoms with van der Waals surface area (Å²) in [5, 5.41) is 4.14. The molecule has 31 heavy (non-hydrogen) atoms. The molecule has 0 bridgehead atoms. The van der Waals surface area contributed by atoms with Gasteiger partial charge in [0.1, 0.15) is 0 Å². The first kappa shape index (κ1) is 25.1. The summed E-state index contributed by atoms with van der Waals surface area (Å²) in [5.74, 6) is 0. The summed E-state index contributed by atoms with van der Waals surface area (Å²) in [4.78, 5) is 16.6. The minimum Gasteiger partial charge on any atom is -0.306 e. The van der Waals surface area contributed by atoms with Gasteiger partial charge in [0.2, 0.25) is 0 Å². The highest BCUT2D eigenvalue weighted by Gasteiger charge is 2.34. The van der Waals surface area contributed by atoms with Gasteiger partial charge in [0.05, 0.1) is 16.6 Å². The minimum absolute atomic E-state index is 0.182. The zero-order chi connectivity index (χ0) is 22.9. The lowest BCUT2D eigenvalue weighted by Gasteiger charge is -2.22. The smallest absolute Gasteiger partial charge is 0.306 e. The van der Waals surface area contributed by atoms with Crippen LogP contribution < -0.4 is 9.62 Å². The maximum Gasteiger partial charge on any atom is 0.373 e. The second-order valence-corrected chi connectivity index (χ2v) is 9.83. The van der Waals surface area contributed by atoms with Crippen LogP contribution in [0.2, 0.25) is 5.02 Å². The molecule has 6 nitrogen and oxygen atoms in total. The third-order valence-corrected chi connectivity index (χ3v) is 7.47. The van der Waals surface area contributed by atoms with Gasteiger partial charge >= 0.3 is 6.15 Å². The molecule has 0 saturated carbocycles. The summed E-state index contributed by atoms with van der Waals surface area (Å²) >= 11 is 6.19. The van der Waals surface area contributed by atoms with Gasteiger partial charge in [-0.05, 0) is 42.3 Å². The second-order valence-electron chi connectivity index (χ2n) is 7.45. The van der Waals surface area contributed by atoms with Crippen LogP contribution >= 0.6 is 11.6 Å².